The molecule has 0 spiro atoms. The van der Waals surface area contributed by atoms with E-state index in [9.17, 15) is 9.59 Å². The van der Waals surface area contributed by atoms with Gasteiger partial charge in [0, 0.05) is 6.54 Å². The van der Waals surface area contributed by atoms with Gasteiger partial charge in [-0.1, -0.05) is 23.9 Å². The van der Waals surface area contributed by atoms with Crippen LogP contribution in [0.25, 0.3) is 11.1 Å². The van der Waals surface area contributed by atoms with Crippen molar-refractivity contribution in [3.05, 3.63) is 24.3 Å². The number of hydrogen-bond acceptors (Lipinski definition) is 5. The van der Waals surface area contributed by atoms with Crippen LogP contribution in [0.5, 0.6) is 0 Å². The van der Waals surface area contributed by atoms with Crippen molar-refractivity contribution < 1.29 is 19.1 Å². The summed E-state index contributed by atoms with van der Waals surface area (Å²) >= 11 is 1.02. The predicted octanol–water partition coefficient (Wildman–Crippen LogP) is 1.90. The quantitative estimate of drug-likeness (QED) is 0.790. The standard InChI is InChI=1S/C13H14N2O4S/c1-2-14-12(18)10(7-11(16)17)20-13-15-8-5-3-4-6-9(8)19-13/h3-6,10H,2,7H2,1H3,(H,14,18)(H,16,17). The monoisotopic (exact) mass is 294 g/mol. The summed E-state index contributed by atoms with van der Waals surface area (Å²) in [6.45, 7) is 2.23. The van der Waals surface area contributed by atoms with Gasteiger partial charge in [-0.3, -0.25) is 9.59 Å². The largest absolute Gasteiger partial charge is 0.481 e. The van der Waals surface area contributed by atoms with Gasteiger partial charge in [0.15, 0.2) is 5.58 Å². The van der Waals surface area contributed by atoms with Crippen molar-refractivity contribution in [3.8, 4) is 0 Å². The number of para-hydroxylation sites is 2. The molecule has 0 saturated heterocycles. The Morgan fingerprint density at radius 3 is 2.85 bits per heavy atom. The number of nitrogens with one attached hydrogen (secondary N) is 1. The summed E-state index contributed by atoms with van der Waals surface area (Å²) in [4.78, 5) is 26.9. The van der Waals surface area contributed by atoms with Crippen LogP contribution in [-0.4, -0.2) is 33.8 Å². The molecule has 0 radical (unpaired) electrons. The zero-order chi connectivity index (χ0) is 14.5. The van der Waals surface area contributed by atoms with Gasteiger partial charge in [0.25, 0.3) is 5.22 Å². The fraction of sp³-hybridized carbons (Fsp3) is 0.308. The molecular weight excluding hydrogens is 280 g/mol. The molecule has 1 atom stereocenters. The molecule has 106 valence electrons. The number of carboxylic acids is 1. The maximum Gasteiger partial charge on any atom is 0.305 e. The van der Waals surface area contributed by atoms with Crippen LogP contribution in [-0.2, 0) is 9.59 Å². The molecule has 0 fully saturated rings. The van der Waals surface area contributed by atoms with Crippen LogP contribution in [0.2, 0.25) is 0 Å². The smallest absolute Gasteiger partial charge is 0.305 e. The van der Waals surface area contributed by atoms with E-state index in [0.717, 1.165) is 11.8 Å². The van der Waals surface area contributed by atoms with Crippen LogP contribution in [0.3, 0.4) is 0 Å². The van der Waals surface area contributed by atoms with Crippen LogP contribution in [0, 0.1) is 0 Å². The third-order valence-electron chi connectivity index (χ3n) is 2.52. The first kappa shape index (κ1) is 14.4. The normalized spacial score (nSPS) is 12.2. The molecule has 2 N–H and O–H groups in total. The summed E-state index contributed by atoms with van der Waals surface area (Å²) in [6.07, 6.45) is -0.283. The third kappa shape index (κ3) is 3.51. The number of fused-ring (bicyclic) bond motifs is 1. The van der Waals surface area contributed by atoms with Gasteiger partial charge in [0.2, 0.25) is 5.91 Å². The second-order valence-corrected chi connectivity index (χ2v) is 5.20. The average Bonchev–Trinajstić information content (AvgIpc) is 2.80. The van der Waals surface area contributed by atoms with E-state index >= 15 is 0 Å². The van der Waals surface area contributed by atoms with E-state index in [0.29, 0.717) is 22.9 Å². The van der Waals surface area contributed by atoms with E-state index in [-0.39, 0.29) is 12.3 Å². The SMILES string of the molecule is CCNC(=O)C(CC(=O)O)Sc1nc2ccccc2o1. The van der Waals surface area contributed by atoms with E-state index in [1.807, 2.05) is 12.1 Å². The lowest BCUT2D eigenvalue weighted by Gasteiger charge is -2.11. The molecule has 0 saturated carbocycles. The highest BCUT2D eigenvalue weighted by molar-refractivity contribution is 8.00. The lowest BCUT2D eigenvalue weighted by Crippen LogP contribution is -2.33. The molecule has 0 aliphatic carbocycles. The summed E-state index contributed by atoms with van der Waals surface area (Å²) in [7, 11) is 0. The molecular formula is C13H14N2O4S. The van der Waals surface area contributed by atoms with E-state index in [1.54, 1.807) is 19.1 Å². The zero-order valence-corrected chi connectivity index (χ0v) is 11.6. The van der Waals surface area contributed by atoms with Crippen LogP contribution in [0.4, 0.5) is 0 Å². The number of benzene rings is 1. The summed E-state index contributed by atoms with van der Waals surface area (Å²) in [5.41, 5.74) is 1.29. The van der Waals surface area contributed by atoms with Gasteiger partial charge in [-0.05, 0) is 19.1 Å². The Kier molecular flexibility index (Phi) is 4.62. The number of hydrogen-bond donors (Lipinski definition) is 2. The van der Waals surface area contributed by atoms with Crippen molar-refractivity contribution in [1.29, 1.82) is 0 Å². The molecule has 1 heterocycles. The molecule has 1 aromatic heterocycles. The number of oxazole rings is 1. The number of aromatic nitrogens is 1. The lowest BCUT2D eigenvalue weighted by molar-refractivity contribution is -0.138. The number of thioether (sulfide) groups is 1. The van der Waals surface area contributed by atoms with Crippen molar-refractivity contribution in [2.45, 2.75) is 23.8 Å². The average molecular weight is 294 g/mol. The minimum absolute atomic E-state index is 0.283. The fourth-order valence-corrected chi connectivity index (χ4v) is 2.61. The Labute approximate surface area is 119 Å². The number of carbonyl (C=O) groups is 2. The number of nitrogens with zero attached hydrogens (tertiary/aromatic N) is 1. The summed E-state index contributed by atoms with van der Waals surface area (Å²) in [5.74, 6) is -1.37. The minimum Gasteiger partial charge on any atom is -0.481 e. The molecule has 0 aliphatic heterocycles. The second kappa shape index (κ2) is 6.42. The number of amides is 1. The van der Waals surface area contributed by atoms with Gasteiger partial charge in [0.1, 0.15) is 10.8 Å². The molecule has 1 aromatic carbocycles. The van der Waals surface area contributed by atoms with E-state index in [1.165, 1.54) is 0 Å². The zero-order valence-electron chi connectivity index (χ0n) is 10.8. The summed E-state index contributed by atoms with van der Waals surface area (Å²) in [6, 6.07) is 7.21. The summed E-state index contributed by atoms with van der Waals surface area (Å²) < 4.78 is 5.49. The second-order valence-electron chi connectivity index (χ2n) is 4.05. The van der Waals surface area contributed by atoms with Crippen LogP contribution in [0.1, 0.15) is 13.3 Å². The van der Waals surface area contributed by atoms with Gasteiger partial charge < -0.3 is 14.8 Å². The Bertz CT molecular complexity index is 593. The first-order valence-electron chi connectivity index (χ1n) is 6.12. The molecule has 6 nitrogen and oxygen atoms in total. The summed E-state index contributed by atoms with van der Waals surface area (Å²) in [5, 5.41) is 11.0. The van der Waals surface area contributed by atoms with Gasteiger partial charge in [-0.25, -0.2) is 4.98 Å². The fourth-order valence-electron chi connectivity index (χ4n) is 1.66. The number of aliphatic carboxylic acids is 1. The van der Waals surface area contributed by atoms with Crippen LogP contribution >= 0.6 is 11.8 Å². The van der Waals surface area contributed by atoms with E-state index < -0.39 is 11.2 Å². The Morgan fingerprint density at radius 1 is 1.45 bits per heavy atom. The first-order chi connectivity index (χ1) is 9.60. The van der Waals surface area contributed by atoms with Gasteiger partial charge in [0.05, 0.1) is 6.42 Å². The number of carboxylic acid groups (broad SMARTS) is 1. The van der Waals surface area contributed by atoms with Crippen molar-refractivity contribution in [1.82, 2.24) is 10.3 Å². The highest BCUT2D eigenvalue weighted by atomic mass is 32.2. The van der Waals surface area contributed by atoms with Crippen LogP contribution in [0.15, 0.2) is 33.9 Å². The third-order valence-corrected chi connectivity index (χ3v) is 3.56. The Hall–Kier alpha value is -2.02. The van der Waals surface area contributed by atoms with Gasteiger partial charge in [-0.15, -0.1) is 0 Å². The van der Waals surface area contributed by atoms with E-state index in [4.69, 9.17) is 9.52 Å². The molecule has 20 heavy (non-hydrogen) atoms. The maximum atomic E-state index is 11.8. The minimum atomic E-state index is -1.04. The molecule has 1 unspecified atom stereocenters. The molecule has 0 bridgehead atoms. The first-order valence-corrected chi connectivity index (χ1v) is 7.00. The number of carbonyl (C=O) groups excluding carboxylic acids is 1. The molecule has 2 rings (SSSR count). The molecule has 1 amide bonds. The predicted molar refractivity (Wildman–Crippen MR) is 74.6 cm³/mol. The lowest BCUT2D eigenvalue weighted by atomic mass is 10.3. The highest BCUT2D eigenvalue weighted by Gasteiger charge is 2.24. The Balaban J connectivity index is 2.17. The maximum absolute atomic E-state index is 11.8. The topological polar surface area (TPSA) is 92.4 Å². The molecule has 2 aromatic rings. The van der Waals surface area contributed by atoms with Gasteiger partial charge in [-0.2, -0.15) is 0 Å². The van der Waals surface area contributed by atoms with E-state index in [2.05, 4.69) is 10.3 Å². The van der Waals surface area contributed by atoms with Gasteiger partial charge >= 0.3 is 5.97 Å². The van der Waals surface area contributed by atoms with Crippen LogP contribution < -0.4 is 5.32 Å². The highest BCUT2D eigenvalue weighted by Crippen LogP contribution is 2.28. The number of rotatable bonds is 6. The van der Waals surface area contributed by atoms with Crippen molar-refractivity contribution in [2.24, 2.45) is 0 Å². The van der Waals surface area contributed by atoms with Crippen molar-refractivity contribution in [3.63, 3.8) is 0 Å². The molecule has 0 aliphatic rings. The van der Waals surface area contributed by atoms with Crippen molar-refractivity contribution >= 4 is 34.7 Å². The molecule has 7 heteroatoms. The Morgan fingerprint density at radius 2 is 2.20 bits per heavy atom. The van der Waals surface area contributed by atoms with Crippen molar-refractivity contribution in [2.75, 3.05) is 6.54 Å².